The van der Waals surface area contributed by atoms with Crippen molar-refractivity contribution in [1.82, 2.24) is 9.97 Å². The average molecular weight is 335 g/mol. The second kappa shape index (κ2) is 6.46. The third-order valence-corrected chi connectivity index (χ3v) is 5.41. The summed E-state index contributed by atoms with van der Waals surface area (Å²) < 4.78 is 0. The third kappa shape index (κ3) is 3.55. The number of hydrogen-bond donors (Lipinski definition) is 1. The Bertz CT molecular complexity index is 717. The molecule has 1 amide bonds. The summed E-state index contributed by atoms with van der Waals surface area (Å²) >= 11 is 4.77. The standard InChI is InChI=1S/C14H13N3OS3/c1-9-16-13(10-3-2-7-19-10)11(21-9)4-5-12(18)17-14-15-6-8-20-14/h2-3,6-8H,4-5H2,1H3,(H,15,17,18). The topological polar surface area (TPSA) is 54.9 Å². The Morgan fingerprint density at radius 1 is 1.33 bits per heavy atom. The maximum atomic E-state index is 11.9. The number of hydrogen-bond acceptors (Lipinski definition) is 6. The summed E-state index contributed by atoms with van der Waals surface area (Å²) in [5.74, 6) is -0.00636. The van der Waals surface area contributed by atoms with Crippen molar-refractivity contribution in [3.8, 4) is 10.6 Å². The van der Waals surface area contributed by atoms with E-state index in [0.717, 1.165) is 15.6 Å². The number of amides is 1. The Morgan fingerprint density at radius 3 is 2.95 bits per heavy atom. The molecule has 0 aromatic carbocycles. The van der Waals surface area contributed by atoms with Crippen LogP contribution in [0.25, 0.3) is 10.6 Å². The number of carbonyl (C=O) groups excluding carboxylic acids is 1. The number of nitrogens with zero attached hydrogens (tertiary/aromatic N) is 2. The number of aromatic nitrogens is 2. The van der Waals surface area contributed by atoms with Crippen LogP contribution in [-0.2, 0) is 11.2 Å². The highest BCUT2D eigenvalue weighted by atomic mass is 32.1. The zero-order valence-electron chi connectivity index (χ0n) is 11.3. The molecule has 0 aliphatic carbocycles. The molecule has 0 saturated heterocycles. The van der Waals surface area contributed by atoms with Gasteiger partial charge in [-0.3, -0.25) is 4.79 Å². The zero-order valence-corrected chi connectivity index (χ0v) is 13.8. The van der Waals surface area contributed by atoms with Gasteiger partial charge in [-0.1, -0.05) is 6.07 Å². The van der Waals surface area contributed by atoms with Crippen LogP contribution < -0.4 is 5.32 Å². The van der Waals surface area contributed by atoms with E-state index < -0.39 is 0 Å². The summed E-state index contributed by atoms with van der Waals surface area (Å²) in [5.41, 5.74) is 1.02. The predicted octanol–water partition coefficient (Wildman–Crippen LogP) is 4.21. The molecule has 0 unspecified atom stereocenters. The quantitative estimate of drug-likeness (QED) is 0.760. The summed E-state index contributed by atoms with van der Waals surface area (Å²) in [5, 5.41) is 8.39. The molecule has 21 heavy (non-hydrogen) atoms. The van der Waals surface area contributed by atoms with Crippen LogP contribution in [0.4, 0.5) is 5.13 Å². The highest BCUT2D eigenvalue weighted by Gasteiger charge is 2.14. The molecule has 0 saturated carbocycles. The Morgan fingerprint density at radius 2 is 2.24 bits per heavy atom. The number of anilines is 1. The lowest BCUT2D eigenvalue weighted by Gasteiger charge is -2.02. The van der Waals surface area contributed by atoms with Crippen molar-refractivity contribution in [1.29, 1.82) is 0 Å². The van der Waals surface area contributed by atoms with Crippen molar-refractivity contribution < 1.29 is 4.79 Å². The van der Waals surface area contributed by atoms with E-state index in [9.17, 15) is 4.79 Å². The van der Waals surface area contributed by atoms with Crippen LogP contribution in [0, 0.1) is 6.92 Å². The molecule has 1 N–H and O–H groups in total. The normalized spacial score (nSPS) is 10.7. The SMILES string of the molecule is Cc1nc(-c2cccs2)c(CCC(=O)Nc2nccs2)s1. The number of aryl methyl sites for hydroxylation is 2. The van der Waals surface area contributed by atoms with Crippen LogP contribution in [0.2, 0.25) is 0 Å². The summed E-state index contributed by atoms with van der Waals surface area (Å²) in [4.78, 5) is 22.9. The molecule has 7 heteroatoms. The maximum Gasteiger partial charge on any atom is 0.226 e. The minimum Gasteiger partial charge on any atom is -0.302 e. The van der Waals surface area contributed by atoms with E-state index in [1.807, 2.05) is 23.8 Å². The highest BCUT2D eigenvalue weighted by Crippen LogP contribution is 2.32. The molecule has 0 radical (unpaired) electrons. The Hall–Kier alpha value is -1.57. The first-order chi connectivity index (χ1) is 10.2. The van der Waals surface area contributed by atoms with E-state index in [0.29, 0.717) is 18.0 Å². The fraction of sp³-hybridized carbons (Fsp3) is 0.214. The van der Waals surface area contributed by atoms with Crippen LogP contribution in [0.5, 0.6) is 0 Å². The average Bonchev–Trinajstić information content (AvgIpc) is 3.17. The summed E-state index contributed by atoms with van der Waals surface area (Å²) in [6, 6.07) is 4.09. The smallest absolute Gasteiger partial charge is 0.226 e. The van der Waals surface area contributed by atoms with E-state index >= 15 is 0 Å². The van der Waals surface area contributed by atoms with Gasteiger partial charge in [0.25, 0.3) is 0 Å². The molecule has 108 valence electrons. The van der Waals surface area contributed by atoms with Gasteiger partial charge < -0.3 is 5.32 Å². The Balaban J connectivity index is 1.67. The molecule has 3 heterocycles. The molecule has 3 aromatic rings. The van der Waals surface area contributed by atoms with Gasteiger partial charge in [0, 0.05) is 22.9 Å². The van der Waals surface area contributed by atoms with E-state index in [1.54, 1.807) is 28.9 Å². The summed E-state index contributed by atoms with van der Waals surface area (Å²) in [7, 11) is 0. The lowest BCUT2D eigenvalue weighted by atomic mass is 10.2. The number of nitrogens with one attached hydrogen (secondary N) is 1. The van der Waals surface area contributed by atoms with Crippen LogP contribution in [-0.4, -0.2) is 15.9 Å². The molecular formula is C14H13N3OS3. The van der Waals surface area contributed by atoms with Crippen molar-refractivity contribution in [3.63, 3.8) is 0 Å². The third-order valence-electron chi connectivity index (χ3n) is 2.82. The molecule has 4 nitrogen and oxygen atoms in total. The van der Waals surface area contributed by atoms with Crippen molar-refractivity contribution in [3.05, 3.63) is 39.0 Å². The van der Waals surface area contributed by atoms with Crippen molar-refractivity contribution in [2.45, 2.75) is 19.8 Å². The fourth-order valence-corrected chi connectivity index (χ4v) is 4.24. The minimum atomic E-state index is -0.00636. The van der Waals surface area contributed by atoms with Crippen molar-refractivity contribution >= 4 is 45.0 Å². The lowest BCUT2D eigenvalue weighted by Crippen LogP contribution is -2.11. The van der Waals surface area contributed by atoms with Crippen LogP contribution in [0.15, 0.2) is 29.1 Å². The first kappa shape index (κ1) is 14.4. The highest BCUT2D eigenvalue weighted by molar-refractivity contribution is 7.15. The number of carbonyl (C=O) groups is 1. The molecule has 3 aromatic heterocycles. The second-order valence-corrected chi connectivity index (χ2v) is 7.50. The van der Waals surface area contributed by atoms with E-state index in [-0.39, 0.29) is 5.91 Å². The first-order valence-electron chi connectivity index (χ1n) is 6.42. The largest absolute Gasteiger partial charge is 0.302 e. The van der Waals surface area contributed by atoms with E-state index in [1.165, 1.54) is 16.2 Å². The first-order valence-corrected chi connectivity index (χ1v) is 8.99. The van der Waals surface area contributed by atoms with Gasteiger partial charge in [0.1, 0.15) is 0 Å². The molecule has 0 fully saturated rings. The van der Waals surface area contributed by atoms with Crippen LogP contribution in [0.1, 0.15) is 16.3 Å². The molecule has 0 atom stereocenters. The molecule has 0 bridgehead atoms. The van der Waals surface area contributed by atoms with Crippen molar-refractivity contribution in [2.75, 3.05) is 5.32 Å². The Kier molecular flexibility index (Phi) is 4.42. The van der Waals surface area contributed by atoms with Gasteiger partial charge in [0.05, 0.1) is 15.6 Å². The molecule has 0 aliphatic heterocycles. The van der Waals surface area contributed by atoms with Gasteiger partial charge in [0.2, 0.25) is 5.91 Å². The molecule has 0 spiro atoms. The van der Waals surface area contributed by atoms with Gasteiger partial charge in [-0.05, 0) is 24.8 Å². The number of rotatable bonds is 5. The van der Waals surface area contributed by atoms with Gasteiger partial charge in [0.15, 0.2) is 5.13 Å². The minimum absolute atomic E-state index is 0.00636. The van der Waals surface area contributed by atoms with Gasteiger partial charge >= 0.3 is 0 Å². The van der Waals surface area contributed by atoms with E-state index in [2.05, 4.69) is 21.4 Å². The monoisotopic (exact) mass is 335 g/mol. The summed E-state index contributed by atoms with van der Waals surface area (Å²) in [6.07, 6.45) is 2.83. The molecule has 3 rings (SSSR count). The fourth-order valence-electron chi connectivity index (χ4n) is 1.94. The number of thiazole rings is 2. The molecule has 0 aliphatic rings. The van der Waals surface area contributed by atoms with Gasteiger partial charge in [-0.25, -0.2) is 9.97 Å². The summed E-state index contributed by atoms with van der Waals surface area (Å²) in [6.45, 7) is 2.00. The van der Waals surface area contributed by atoms with Crippen molar-refractivity contribution in [2.24, 2.45) is 0 Å². The van der Waals surface area contributed by atoms with Gasteiger partial charge in [-0.2, -0.15) is 0 Å². The van der Waals surface area contributed by atoms with Crippen LogP contribution in [0.3, 0.4) is 0 Å². The Labute approximate surface area is 134 Å². The van der Waals surface area contributed by atoms with Gasteiger partial charge in [-0.15, -0.1) is 34.0 Å². The zero-order chi connectivity index (χ0) is 14.7. The lowest BCUT2D eigenvalue weighted by molar-refractivity contribution is -0.116. The molecular weight excluding hydrogens is 322 g/mol. The second-order valence-electron chi connectivity index (χ2n) is 4.37. The maximum absolute atomic E-state index is 11.9. The van der Waals surface area contributed by atoms with Crippen LogP contribution >= 0.6 is 34.0 Å². The number of thiophene rings is 1. The van der Waals surface area contributed by atoms with E-state index in [4.69, 9.17) is 0 Å². The predicted molar refractivity (Wildman–Crippen MR) is 89.2 cm³/mol.